The molecule has 1 atom stereocenters. The monoisotopic (exact) mass is 190 g/mol. The fraction of sp³-hybridized carbons (Fsp3) is 0.889. The van der Waals surface area contributed by atoms with Crippen molar-refractivity contribution in [2.75, 3.05) is 12.9 Å². The highest BCUT2D eigenvalue weighted by Gasteiger charge is 2.08. The van der Waals surface area contributed by atoms with E-state index in [1.807, 2.05) is 27.0 Å². The Morgan fingerprint density at radius 2 is 2.00 bits per heavy atom. The van der Waals surface area contributed by atoms with E-state index in [0.717, 1.165) is 0 Å². The maximum absolute atomic E-state index is 11.1. The van der Waals surface area contributed by atoms with Crippen LogP contribution in [0.5, 0.6) is 0 Å². The molecule has 0 N–H and O–H groups in total. The molecule has 0 aromatic heterocycles. The molecule has 0 heterocycles. The number of rotatable bonds is 5. The molecule has 3 heteroatoms. The summed E-state index contributed by atoms with van der Waals surface area (Å²) in [6.45, 7) is 6.64. The van der Waals surface area contributed by atoms with E-state index >= 15 is 0 Å². The zero-order valence-electron chi connectivity index (χ0n) is 8.29. The molecule has 0 aliphatic rings. The first-order chi connectivity index (χ1) is 5.56. The zero-order valence-corrected chi connectivity index (χ0v) is 9.11. The molecule has 0 radical (unpaired) electrons. The first kappa shape index (κ1) is 11.8. The number of hydrogen-bond donors (Lipinski definition) is 0. The van der Waals surface area contributed by atoms with Crippen LogP contribution in [0, 0.1) is 5.92 Å². The molecule has 0 aliphatic heterocycles. The number of hydrogen-bond acceptors (Lipinski definition) is 3. The van der Waals surface area contributed by atoms with Crippen LogP contribution in [0.3, 0.4) is 0 Å². The summed E-state index contributed by atoms with van der Waals surface area (Å²) in [7, 11) is 0. The van der Waals surface area contributed by atoms with Crippen molar-refractivity contribution in [1.82, 2.24) is 0 Å². The van der Waals surface area contributed by atoms with Crippen LogP contribution in [-0.2, 0) is 9.53 Å². The van der Waals surface area contributed by atoms with Gasteiger partial charge in [-0.25, -0.2) is 0 Å². The number of esters is 1. The van der Waals surface area contributed by atoms with Gasteiger partial charge in [0.2, 0.25) is 0 Å². The first-order valence-electron chi connectivity index (χ1n) is 4.24. The Morgan fingerprint density at radius 3 is 2.42 bits per heavy atom. The van der Waals surface area contributed by atoms with Crippen LogP contribution in [0.25, 0.3) is 0 Å². The summed E-state index contributed by atoms with van der Waals surface area (Å²) in [5.74, 6) is 0.351. The predicted octanol–water partition coefficient (Wildman–Crippen LogP) is 2.33. The van der Waals surface area contributed by atoms with Gasteiger partial charge in [-0.15, -0.1) is 0 Å². The van der Waals surface area contributed by atoms with E-state index in [0.29, 0.717) is 24.2 Å². The number of ether oxygens (including phenoxy) is 1. The lowest BCUT2D eigenvalue weighted by Crippen LogP contribution is -2.13. The zero-order chi connectivity index (χ0) is 9.56. The highest BCUT2D eigenvalue weighted by Crippen LogP contribution is 2.10. The van der Waals surface area contributed by atoms with Gasteiger partial charge in [0.05, 0.1) is 13.0 Å². The van der Waals surface area contributed by atoms with Crippen molar-refractivity contribution >= 4 is 17.7 Å². The smallest absolute Gasteiger partial charge is 0.306 e. The topological polar surface area (TPSA) is 26.3 Å². The molecule has 0 saturated heterocycles. The molecule has 1 unspecified atom stereocenters. The summed E-state index contributed by atoms with van der Waals surface area (Å²) in [6.07, 6.45) is 2.52. The predicted molar refractivity (Wildman–Crippen MR) is 53.4 cm³/mol. The van der Waals surface area contributed by atoms with E-state index in [-0.39, 0.29) is 5.97 Å². The second kappa shape index (κ2) is 6.35. The minimum Gasteiger partial charge on any atom is -0.465 e. The van der Waals surface area contributed by atoms with E-state index in [1.165, 1.54) is 0 Å². The van der Waals surface area contributed by atoms with Crippen LogP contribution in [0.15, 0.2) is 0 Å². The molecule has 0 fully saturated rings. The summed E-state index contributed by atoms with van der Waals surface area (Å²) in [5, 5.41) is 0.365. The van der Waals surface area contributed by atoms with Crippen molar-refractivity contribution in [3.8, 4) is 0 Å². The normalized spacial score (nSPS) is 13.1. The quantitative estimate of drug-likeness (QED) is 0.622. The first-order valence-corrected chi connectivity index (χ1v) is 5.53. The molecule has 0 aromatic rings. The lowest BCUT2D eigenvalue weighted by atomic mass is 10.2. The summed E-state index contributed by atoms with van der Waals surface area (Å²) in [4.78, 5) is 11.1. The second-order valence-electron chi connectivity index (χ2n) is 3.33. The highest BCUT2D eigenvalue weighted by molar-refractivity contribution is 7.99. The third-order valence-corrected chi connectivity index (χ3v) is 2.41. The number of carbonyl (C=O) groups is 1. The Bertz CT molecular complexity index is 134. The molecule has 72 valence electrons. The van der Waals surface area contributed by atoms with Gasteiger partial charge in [-0.2, -0.15) is 11.8 Å². The van der Waals surface area contributed by atoms with Crippen LogP contribution in [0.2, 0.25) is 0 Å². The molecule has 0 aliphatic carbocycles. The van der Waals surface area contributed by atoms with Gasteiger partial charge in [-0.3, -0.25) is 4.79 Å². The van der Waals surface area contributed by atoms with Crippen molar-refractivity contribution < 1.29 is 9.53 Å². The lowest BCUT2D eigenvalue weighted by molar-refractivity contribution is -0.144. The van der Waals surface area contributed by atoms with Crippen LogP contribution in [0.1, 0.15) is 27.2 Å². The van der Waals surface area contributed by atoms with Crippen LogP contribution < -0.4 is 0 Å². The van der Waals surface area contributed by atoms with Gasteiger partial charge in [0, 0.05) is 5.25 Å². The van der Waals surface area contributed by atoms with E-state index in [4.69, 9.17) is 4.74 Å². The standard InChI is InChI=1S/C9H18O2S/c1-7(2)6-11-9(10)5-8(3)12-4/h7-8H,5-6H2,1-4H3. The Labute approximate surface area is 79.1 Å². The van der Waals surface area contributed by atoms with E-state index in [1.54, 1.807) is 11.8 Å². The average Bonchev–Trinajstić information content (AvgIpc) is 2.00. The maximum Gasteiger partial charge on any atom is 0.306 e. The summed E-state index contributed by atoms with van der Waals surface area (Å²) >= 11 is 1.69. The summed E-state index contributed by atoms with van der Waals surface area (Å²) in [5.41, 5.74) is 0. The summed E-state index contributed by atoms with van der Waals surface area (Å²) < 4.78 is 5.02. The molecule has 0 aromatic carbocycles. The molecule has 2 nitrogen and oxygen atoms in total. The van der Waals surface area contributed by atoms with Gasteiger partial charge in [-0.05, 0) is 12.2 Å². The van der Waals surface area contributed by atoms with Gasteiger partial charge >= 0.3 is 5.97 Å². The number of thioether (sulfide) groups is 1. The van der Waals surface area contributed by atoms with Gasteiger partial charge in [0.15, 0.2) is 0 Å². The lowest BCUT2D eigenvalue weighted by Gasteiger charge is -2.09. The van der Waals surface area contributed by atoms with Crippen LogP contribution in [0.4, 0.5) is 0 Å². The largest absolute Gasteiger partial charge is 0.465 e. The van der Waals surface area contributed by atoms with Crippen molar-refractivity contribution in [3.63, 3.8) is 0 Å². The Kier molecular flexibility index (Phi) is 6.25. The maximum atomic E-state index is 11.1. The average molecular weight is 190 g/mol. The van der Waals surface area contributed by atoms with Gasteiger partial charge in [-0.1, -0.05) is 20.8 Å². The van der Waals surface area contributed by atoms with Crippen molar-refractivity contribution in [1.29, 1.82) is 0 Å². The Hall–Kier alpha value is -0.180. The van der Waals surface area contributed by atoms with Crippen molar-refractivity contribution in [2.45, 2.75) is 32.4 Å². The molecule has 12 heavy (non-hydrogen) atoms. The third-order valence-electron chi connectivity index (χ3n) is 1.43. The van der Waals surface area contributed by atoms with Gasteiger partial charge < -0.3 is 4.74 Å². The van der Waals surface area contributed by atoms with Crippen LogP contribution >= 0.6 is 11.8 Å². The molecule has 0 amide bonds. The van der Waals surface area contributed by atoms with Crippen LogP contribution in [-0.4, -0.2) is 24.1 Å². The molecule has 0 saturated carbocycles. The number of carbonyl (C=O) groups excluding carboxylic acids is 1. The fourth-order valence-electron chi connectivity index (χ4n) is 0.637. The fourth-order valence-corrected chi connectivity index (χ4v) is 0.939. The Morgan fingerprint density at radius 1 is 1.42 bits per heavy atom. The van der Waals surface area contributed by atoms with E-state index < -0.39 is 0 Å². The summed E-state index contributed by atoms with van der Waals surface area (Å²) in [6, 6.07) is 0. The molecular weight excluding hydrogens is 172 g/mol. The SMILES string of the molecule is CSC(C)CC(=O)OCC(C)C. The van der Waals surface area contributed by atoms with Crippen molar-refractivity contribution in [2.24, 2.45) is 5.92 Å². The Balaban J connectivity index is 3.46. The minimum absolute atomic E-state index is 0.0782. The minimum atomic E-state index is -0.0782. The molecule has 0 spiro atoms. The molecular formula is C9H18O2S. The van der Waals surface area contributed by atoms with E-state index in [9.17, 15) is 4.79 Å². The van der Waals surface area contributed by atoms with Gasteiger partial charge in [0.1, 0.15) is 0 Å². The van der Waals surface area contributed by atoms with Gasteiger partial charge in [0.25, 0.3) is 0 Å². The van der Waals surface area contributed by atoms with Crippen molar-refractivity contribution in [3.05, 3.63) is 0 Å². The van der Waals surface area contributed by atoms with E-state index in [2.05, 4.69) is 0 Å². The highest BCUT2D eigenvalue weighted by atomic mass is 32.2. The molecule has 0 rings (SSSR count). The molecule has 0 bridgehead atoms. The third kappa shape index (κ3) is 6.53. The second-order valence-corrected chi connectivity index (χ2v) is 4.60.